The van der Waals surface area contributed by atoms with Crippen LogP contribution < -0.4 is 4.74 Å². The second-order valence-corrected chi connectivity index (χ2v) is 7.30. The minimum Gasteiger partial charge on any atom is -0.478 e. The molecule has 3 rings (SSSR count). The zero-order valence-corrected chi connectivity index (χ0v) is 19.0. The van der Waals surface area contributed by atoms with Crippen LogP contribution in [0, 0.1) is 24.0 Å². The van der Waals surface area contributed by atoms with E-state index in [1.165, 1.54) is 26.4 Å². The van der Waals surface area contributed by atoms with E-state index in [1.807, 2.05) is 11.5 Å². The molecule has 1 aromatic heterocycles. The molecular weight excluding hydrogens is 444 g/mol. The van der Waals surface area contributed by atoms with Gasteiger partial charge in [0, 0.05) is 34.8 Å². The van der Waals surface area contributed by atoms with Gasteiger partial charge in [-0.3, -0.25) is 14.9 Å². The molecule has 0 aliphatic carbocycles. The Bertz CT molecular complexity index is 1270. The number of nitro benzene ring substituents is 1. The molecule has 1 heterocycles. The number of nitrogens with zero attached hydrogens (tertiary/aromatic N) is 2. The molecule has 10 nitrogen and oxygen atoms in total. The zero-order chi connectivity index (χ0) is 25.0. The Morgan fingerprint density at radius 3 is 2.09 bits per heavy atom. The van der Waals surface area contributed by atoms with Gasteiger partial charge < -0.3 is 18.8 Å². The molecular formula is C24H22N2O8. The minimum absolute atomic E-state index is 0.0594. The monoisotopic (exact) mass is 466 g/mol. The maximum Gasteiger partial charge on any atom is 0.337 e. The Morgan fingerprint density at radius 1 is 0.912 bits per heavy atom. The summed E-state index contributed by atoms with van der Waals surface area (Å²) in [6.07, 6.45) is 0. The van der Waals surface area contributed by atoms with Crippen LogP contribution in [0.25, 0.3) is 5.69 Å². The second kappa shape index (κ2) is 9.99. The summed E-state index contributed by atoms with van der Waals surface area (Å²) in [4.78, 5) is 47.0. The molecule has 3 aromatic rings. The number of carbonyl (C=O) groups is 3. The van der Waals surface area contributed by atoms with Crippen molar-refractivity contribution in [1.29, 1.82) is 0 Å². The van der Waals surface area contributed by atoms with Crippen molar-refractivity contribution in [2.24, 2.45) is 0 Å². The van der Waals surface area contributed by atoms with Crippen molar-refractivity contribution in [2.45, 2.75) is 13.8 Å². The van der Waals surface area contributed by atoms with Gasteiger partial charge in [0.15, 0.2) is 12.4 Å². The number of Topliss-reactive ketones (excluding diaryl/α,β-unsaturated/α-hetero) is 1. The highest BCUT2D eigenvalue weighted by molar-refractivity contribution is 5.99. The summed E-state index contributed by atoms with van der Waals surface area (Å²) in [5.74, 6) is -1.75. The molecule has 0 spiro atoms. The Balaban J connectivity index is 1.85. The fourth-order valence-electron chi connectivity index (χ4n) is 3.55. The lowest BCUT2D eigenvalue weighted by Gasteiger charge is -2.11. The lowest BCUT2D eigenvalue weighted by Crippen LogP contribution is -2.14. The molecule has 10 heteroatoms. The van der Waals surface area contributed by atoms with E-state index in [9.17, 15) is 24.5 Å². The van der Waals surface area contributed by atoms with Crippen LogP contribution in [0.3, 0.4) is 0 Å². The van der Waals surface area contributed by atoms with Crippen LogP contribution in [0.4, 0.5) is 5.69 Å². The van der Waals surface area contributed by atoms with Gasteiger partial charge in [-0.25, -0.2) is 9.59 Å². The predicted molar refractivity (Wildman–Crippen MR) is 121 cm³/mol. The smallest absolute Gasteiger partial charge is 0.337 e. The highest BCUT2D eigenvalue weighted by Crippen LogP contribution is 2.29. The van der Waals surface area contributed by atoms with Gasteiger partial charge in [0.2, 0.25) is 5.78 Å². The number of aryl methyl sites for hydroxylation is 1. The first-order chi connectivity index (χ1) is 16.2. The van der Waals surface area contributed by atoms with Gasteiger partial charge in [-0.2, -0.15) is 0 Å². The van der Waals surface area contributed by atoms with E-state index in [0.29, 0.717) is 16.8 Å². The number of nitro groups is 1. The molecule has 0 atom stereocenters. The van der Waals surface area contributed by atoms with Crippen molar-refractivity contribution in [3.8, 4) is 11.4 Å². The number of carbonyl (C=O) groups excluding carboxylic acids is 3. The molecule has 0 aliphatic heterocycles. The summed E-state index contributed by atoms with van der Waals surface area (Å²) < 4.78 is 16.6. The Labute approximate surface area is 194 Å². The molecule has 0 radical (unpaired) electrons. The van der Waals surface area contributed by atoms with Crippen LogP contribution in [-0.4, -0.2) is 48.0 Å². The van der Waals surface area contributed by atoms with Crippen LogP contribution in [0.2, 0.25) is 0 Å². The molecule has 0 saturated heterocycles. The first kappa shape index (κ1) is 24.2. The summed E-state index contributed by atoms with van der Waals surface area (Å²) >= 11 is 0. The van der Waals surface area contributed by atoms with Crippen LogP contribution in [0.1, 0.15) is 42.5 Å². The van der Waals surface area contributed by atoms with Crippen LogP contribution in [0.5, 0.6) is 5.75 Å². The molecule has 0 saturated carbocycles. The second-order valence-electron chi connectivity index (χ2n) is 7.30. The topological polar surface area (TPSA) is 127 Å². The average molecular weight is 466 g/mol. The first-order valence-electron chi connectivity index (χ1n) is 10.1. The van der Waals surface area contributed by atoms with E-state index in [4.69, 9.17) is 9.47 Å². The number of ketones is 1. The third-order valence-electron chi connectivity index (χ3n) is 5.21. The number of hydrogen-bond donors (Lipinski definition) is 0. The quantitative estimate of drug-likeness (QED) is 0.212. The third-order valence-corrected chi connectivity index (χ3v) is 5.21. The lowest BCUT2D eigenvalue weighted by atomic mass is 10.1. The summed E-state index contributed by atoms with van der Waals surface area (Å²) in [5, 5.41) is 11.3. The third kappa shape index (κ3) is 4.80. The number of hydrogen-bond acceptors (Lipinski definition) is 8. The van der Waals surface area contributed by atoms with E-state index < -0.39 is 29.3 Å². The molecule has 0 amide bonds. The van der Waals surface area contributed by atoms with Crippen molar-refractivity contribution >= 4 is 23.4 Å². The maximum atomic E-state index is 12.9. The highest BCUT2D eigenvalue weighted by atomic mass is 16.6. The molecule has 0 N–H and O–H groups in total. The zero-order valence-electron chi connectivity index (χ0n) is 19.0. The van der Waals surface area contributed by atoms with Gasteiger partial charge in [-0.05, 0) is 50.2 Å². The van der Waals surface area contributed by atoms with Crippen molar-refractivity contribution in [1.82, 2.24) is 4.57 Å². The van der Waals surface area contributed by atoms with Crippen molar-refractivity contribution in [3.63, 3.8) is 0 Å². The number of esters is 2. The standard InChI is InChI=1S/C24H22N2O8/c1-14-11-19(15(2)25(14)18-8-5-16(6-9-18)23(28)32-3)21(27)13-34-22-12-17(24(29)33-4)7-10-20(22)26(30)31/h5-12H,13H2,1-4H3. The van der Waals surface area contributed by atoms with Gasteiger partial charge in [0.1, 0.15) is 0 Å². The number of rotatable bonds is 8. The van der Waals surface area contributed by atoms with Crippen molar-refractivity contribution < 1.29 is 33.5 Å². The number of ether oxygens (including phenoxy) is 3. The van der Waals surface area contributed by atoms with Crippen molar-refractivity contribution in [2.75, 3.05) is 20.8 Å². The summed E-state index contributed by atoms with van der Waals surface area (Å²) in [6.45, 7) is 3.11. The number of benzene rings is 2. The molecule has 0 aliphatic rings. The van der Waals surface area contributed by atoms with Crippen LogP contribution >= 0.6 is 0 Å². The molecule has 34 heavy (non-hydrogen) atoms. The van der Waals surface area contributed by atoms with E-state index in [1.54, 1.807) is 37.3 Å². The van der Waals surface area contributed by atoms with Gasteiger partial charge in [0.25, 0.3) is 0 Å². The highest BCUT2D eigenvalue weighted by Gasteiger charge is 2.22. The fourth-order valence-corrected chi connectivity index (χ4v) is 3.55. The predicted octanol–water partition coefficient (Wildman–Crippen LogP) is 3.84. The fraction of sp³-hybridized carbons (Fsp3) is 0.208. The van der Waals surface area contributed by atoms with E-state index in [2.05, 4.69) is 4.74 Å². The molecule has 0 bridgehead atoms. The molecule has 0 fully saturated rings. The molecule has 2 aromatic carbocycles. The van der Waals surface area contributed by atoms with Crippen LogP contribution in [0.15, 0.2) is 48.5 Å². The maximum absolute atomic E-state index is 12.9. The Kier molecular flexibility index (Phi) is 7.10. The van der Waals surface area contributed by atoms with Crippen LogP contribution in [-0.2, 0) is 9.47 Å². The molecule has 0 unspecified atom stereocenters. The Morgan fingerprint density at radius 2 is 1.50 bits per heavy atom. The normalized spacial score (nSPS) is 10.5. The Hall–Kier alpha value is -4.47. The summed E-state index contributed by atoms with van der Waals surface area (Å²) in [5.41, 5.74) is 2.60. The van der Waals surface area contributed by atoms with Gasteiger partial charge >= 0.3 is 17.6 Å². The summed E-state index contributed by atoms with van der Waals surface area (Å²) in [6, 6.07) is 11.9. The number of methoxy groups -OCH3 is 2. The molecule has 176 valence electrons. The van der Waals surface area contributed by atoms with Gasteiger partial charge in [0.05, 0.1) is 30.3 Å². The van der Waals surface area contributed by atoms with Gasteiger partial charge in [-0.15, -0.1) is 0 Å². The summed E-state index contributed by atoms with van der Waals surface area (Å²) in [7, 11) is 2.49. The minimum atomic E-state index is -0.687. The SMILES string of the molecule is COC(=O)c1ccc(-n2c(C)cc(C(=O)COc3cc(C(=O)OC)ccc3[N+](=O)[O-])c2C)cc1. The van der Waals surface area contributed by atoms with E-state index >= 15 is 0 Å². The van der Waals surface area contributed by atoms with Gasteiger partial charge in [-0.1, -0.05) is 0 Å². The van der Waals surface area contributed by atoms with E-state index in [0.717, 1.165) is 17.4 Å². The largest absolute Gasteiger partial charge is 0.478 e. The number of aromatic nitrogens is 1. The first-order valence-corrected chi connectivity index (χ1v) is 10.1. The lowest BCUT2D eigenvalue weighted by molar-refractivity contribution is -0.385. The van der Waals surface area contributed by atoms with E-state index in [-0.39, 0.29) is 17.0 Å². The van der Waals surface area contributed by atoms with Crippen molar-refractivity contribution in [3.05, 3.63) is 86.7 Å². The average Bonchev–Trinajstić information content (AvgIpc) is 3.14.